The Balaban J connectivity index is 1.76. The first kappa shape index (κ1) is 15.9. The van der Waals surface area contributed by atoms with Gasteiger partial charge in [0.2, 0.25) is 0 Å². The molecule has 1 aliphatic carbocycles. The second-order valence-corrected chi connectivity index (χ2v) is 5.92. The number of aliphatic carboxylic acids is 1. The summed E-state index contributed by atoms with van der Waals surface area (Å²) in [5.41, 5.74) is 1.18. The summed E-state index contributed by atoms with van der Waals surface area (Å²) in [5.74, 6) is -1.06. The Bertz CT molecular complexity index is 464. The molecule has 4 N–H and O–H groups in total. The van der Waals surface area contributed by atoms with E-state index in [0.29, 0.717) is 38.8 Å². The van der Waals surface area contributed by atoms with Crippen molar-refractivity contribution in [1.82, 2.24) is 5.32 Å². The molecule has 2 rings (SSSR count). The highest BCUT2D eigenvalue weighted by Crippen LogP contribution is 2.31. The second-order valence-electron chi connectivity index (χ2n) is 5.92. The molecule has 5 heteroatoms. The van der Waals surface area contributed by atoms with E-state index in [4.69, 9.17) is 10.2 Å². The Morgan fingerprint density at radius 2 is 1.76 bits per heavy atom. The van der Waals surface area contributed by atoms with Crippen LogP contribution in [-0.4, -0.2) is 33.4 Å². The summed E-state index contributed by atoms with van der Waals surface area (Å²) in [6.07, 6.45) is 2.14. The molecule has 1 saturated carbocycles. The highest BCUT2D eigenvalue weighted by molar-refractivity contribution is 5.70. The standard InChI is InChI=1S/C16H23NO4/c18-10-13-3-1-12(2-4-13)9-17-11-16(21)7-5-14(6-8-16)15(19)20/h1-4,14,17-18,21H,5-11H2,(H,19,20). The first-order chi connectivity index (χ1) is 10.0. The predicted octanol–water partition coefficient (Wildman–Crippen LogP) is 1.27. The van der Waals surface area contributed by atoms with Crippen molar-refractivity contribution in [1.29, 1.82) is 0 Å². The quantitative estimate of drug-likeness (QED) is 0.634. The number of rotatable bonds is 6. The molecule has 0 radical (unpaired) electrons. The van der Waals surface area contributed by atoms with Gasteiger partial charge in [-0.2, -0.15) is 0 Å². The Morgan fingerprint density at radius 1 is 1.19 bits per heavy atom. The smallest absolute Gasteiger partial charge is 0.306 e. The molecular formula is C16H23NO4. The van der Waals surface area contributed by atoms with Gasteiger partial charge in [-0.1, -0.05) is 24.3 Å². The van der Waals surface area contributed by atoms with Crippen molar-refractivity contribution in [2.45, 2.75) is 44.4 Å². The van der Waals surface area contributed by atoms with Crippen molar-refractivity contribution in [3.8, 4) is 0 Å². The Labute approximate surface area is 124 Å². The van der Waals surface area contributed by atoms with Crippen LogP contribution in [0.2, 0.25) is 0 Å². The van der Waals surface area contributed by atoms with Crippen LogP contribution in [0.4, 0.5) is 0 Å². The van der Waals surface area contributed by atoms with Crippen LogP contribution in [0.15, 0.2) is 24.3 Å². The lowest BCUT2D eigenvalue weighted by atomic mass is 9.79. The molecule has 0 unspecified atom stereocenters. The molecular weight excluding hydrogens is 270 g/mol. The van der Waals surface area contributed by atoms with Crippen LogP contribution < -0.4 is 5.32 Å². The molecule has 1 aromatic carbocycles. The number of carbonyl (C=O) groups is 1. The third-order valence-electron chi connectivity index (χ3n) is 4.25. The highest BCUT2D eigenvalue weighted by atomic mass is 16.4. The van der Waals surface area contributed by atoms with Gasteiger partial charge in [-0.3, -0.25) is 4.79 Å². The van der Waals surface area contributed by atoms with Crippen molar-refractivity contribution in [2.75, 3.05) is 6.54 Å². The minimum Gasteiger partial charge on any atom is -0.481 e. The van der Waals surface area contributed by atoms with E-state index >= 15 is 0 Å². The fourth-order valence-corrected chi connectivity index (χ4v) is 2.78. The van der Waals surface area contributed by atoms with E-state index < -0.39 is 11.6 Å². The zero-order valence-corrected chi connectivity index (χ0v) is 12.1. The van der Waals surface area contributed by atoms with E-state index in [1.165, 1.54) is 0 Å². The average molecular weight is 293 g/mol. The average Bonchev–Trinajstić information content (AvgIpc) is 2.48. The molecule has 0 aliphatic heterocycles. The number of aliphatic hydroxyl groups excluding tert-OH is 1. The van der Waals surface area contributed by atoms with Crippen LogP contribution in [0, 0.1) is 5.92 Å². The van der Waals surface area contributed by atoms with Crippen LogP contribution in [0.25, 0.3) is 0 Å². The zero-order valence-electron chi connectivity index (χ0n) is 12.1. The molecule has 0 aromatic heterocycles. The summed E-state index contributed by atoms with van der Waals surface area (Å²) in [4.78, 5) is 10.9. The van der Waals surface area contributed by atoms with Crippen molar-refractivity contribution < 1.29 is 20.1 Å². The topological polar surface area (TPSA) is 89.8 Å². The van der Waals surface area contributed by atoms with Gasteiger partial charge in [-0.15, -0.1) is 0 Å². The molecule has 0 heterocycles. The molecule has 21 heavy (non-hydrogen) atoms. The molecule has 0 amide bonds. The van der Waals surface area contributed by atoms with Crippen molar-refractivity contribution in [3.63, 3.8) is 0 Å². The minimum absolute atomic E-state index is 0.0399. The lowest BCUT2D eigenvalue weighted by Gasteiger charge is -2.34. The van der Waals surface area contributed by atoms with Gasteiger partial charge in [-0.25, -0.2) is 0 Å². The number of carboxylic acid groups (broad SMARTS) is 1. The summed E-state index contributed by atoms with van der Waals surface area (Å²) in [6, 6.07) is 7.65. The lowest BCUT2D eigenvalue weighted by molar-refractivity contribution is -0.144. The summed E-state index contributed by atoms with van der Waals surface area (Å²) < 4.78 is 0. The Hall–Kier alpha value is -1.43. The first-order valence-electron chi connectivity index (χ1n) is 7.37. The molecule has 0 saturated heterocycles. The molecule has 0 spiro atoms. The Morgan fingerprint density at radius 3 is 2.29 bits per heavy atom. The van der Waals surface area contributed by atoms with Gasteiger partial charge in [0.1, 0.15) is 0 Å². The largest absolute Gasteiger partial charge is 0.481 e. The maximum absolute atomic E-state index is 10.9. The number of aliphatic hydroxyl groups is 2. The predicted molar refractivity (Wildman–Crippen MR) is 78.6 cm³/mol. The number of hydrogen-bond donors (Lipinski definition) is 4. The Kier molecular flexibility index (Phi) is 5.33. The van der Waals surface area contributed by atoms with Gasteiger partial charge in [-0.05, 0) is 36.8 Å². The van der Waals surface area contributed by atoms with Gasteiger partial charge >= 0.3 is 5.97 Å². The summed E-state index contributed by atoms with van der Waals surface area (Å²) in [7, 11) is 0. The summed E-state index contributed by atoms with van der Waals surface area (Å²) in [5, 5.41) is 31.6. The molecule has 5 nitrogen and oxygen atoms in total. The summed E-state index contributed by atoms with van der Waals surface area (Å²) in [6.45, 7) is 1.16. The van der Waals surface area contributed by atoms with E-state index in [-0.39, 0.29) is 12.5 Å². The minimum atomic E-state index is -0.795. The van der Waals surface area contributed by atoms with E-state index in [0.717, 1.165) is 11.1 Å². The monoisotopic (exact) mass is 293 g/mol. The van der Waals surface area contributed by atoms with Crippen LogP contribution in [0.1, 0.15) is 36.8 Å². The number of benzene rings is 1. The third kappa shape index (κ3) is 4.52. The molecule has 1 aromatic rings. The van der Waals surface area contributed by atoms with Crippen LogP contribution in [0.5, 0.6) is 0 Å². The fourth-order valence-electron chi connectivity index (χ4n) is 2.78. The molecule has 1 fully saturated rings. The first-order valence-corrected chi connectivity index (χ1v) is 7.37. The van der Waals surface area contributed by atoms with Gasteiger partial charge in [0.25, 0.3) is 0 Å². The maximum Gasteiger partial charge on any atom is 0.306 e. The van der Waals surface area contributed by atoms with Gasteiger partial charge in [0, 0.05) is 13.1 Å². The van der Waals surface area contributed by atoms with Gasteiger partial charge < -0.3 is 20.6 Å². The highest BCUT2D eigenvalue weighted by Gasteiger charge is 2.35. The van der Waals surface area contributed by atoms with Crippen molar-refractivity contribution >= 4 is 5.97 Å². The van der Waals surface area contributed by atoms with Crippen molar-refractivity contribution in [3.05, 3.63) is 35.4 Å². The molecule has 0 atom stereocenters. The fraction of sp³-hybridized carbons (Fsp3) is 0.562. The third-order valence-corrected chi connectivity index (χ3v) is 4.25. The SMILES string of the molecule is O=C(O)C1CCC(O)(CNCc2ccc(CO)cc2)CC1. The van der Waals surface area contributed by atoms with E-state index in [2.05, 4.69) is 5.32 Å². The number of hydrogen-bond acceptors (Lipinski definition) is 4. The van der Waals surface area contributed by atoms with E-state index in [9.17, 15) is 9.90 Å². The van der Waals surface area contributed by atoms with Crippen LogP contribution in [0.3, 0.4) is 0 Å². The van der Waals surface area contributed by atoms with E-state index in [1.54, 1.807) is 0 Å². The number of nitrogens with one attached hydrogen (secondary N) is 1. The number of carboxylic acids is 1. The molecule has 0 bridgehead atoms. The second kappa shape index (κ2) is 7.02. The van der Waals surface area contributed by atoms with Crippen molar-refractivity contribution in [2.24, 2.45) is 5.92 Å². The molecule has 1 aliphatic rings. The normalized spacial score (nSPS) is 25.7. The maximum atomic E-state index is 10.9. The van der Waals surface area contributed by atoms with Crippen LogP contribution in [-0.2, 0) is 17.9 Å². The van der Waals surface area contributed by atoms with E-state index in [1.807, 2.05) is 24.3 Å². The molecule has 116 valence electrons. The van der Waals surface area contributed by atoms with Crippen LogP contribution >= 0.6 is 0 Å². The van der Waals surface area contributed by atoms with Gasteiger partial charge in [0.05, 0.1) is 18.1 Å². The lowest BCUT2D eigenvalue weighted by Crippen LogP contribution is -2.44. The summed E-state index contributed by atoms with van der Waals surface area (Å²) >= 11 is 0. The van der Waals surface area contributed by atoms with Gasteiger partial charge in [0.15, 0.2) is 0 Å². The zero-order chi connectivity index (χ0) is 15.3.